The first-order valence-electron chi connectivity index (χ1n) is 4.86. The normalized spacial score (nSPS) is 18.8. The number of rotatable bonds is 9. The van der Waals surface area contributed by atoms with Crippen molar-refractivity contribution in [3.8, 4) is 0 Å². The third-order valence-electron chi connectivity index (χ3n) is 2.31. The van der Waals surface area contributed by atoms with E-state index in [2.05, 4.69) is 0 Å². The lowest BCUT2D eigenvalue weighted by molar-refractivity contribution is -0.156. The lowest BCUT2D eigenvalue weighted by Gasteiger charge is -2.31. The van der Waals surface area contributed by atoms with Crippen LogP contribution in [0.3, 0.4) is 0 Å². The van der Waals surface area contributed by atoms with Crippen LogP contribution < -0.4 is 0 Å². The molecule has 16 heavy (non-hydrogen) atoms. The molecule has 0 aliphatic rings. The number of carbonyl (C=O) groups excluding carboxylic acids is 1. The van der Waals surface area contributed by atoms with Crippen molar-refractivity contribution in [2.75, 3.05) is 35.0 Å². The van der Waals surface area contributed by atoms with Crippen molar-refractivity contribution >= 4 is 6.29 Å². The second-order valence-electron chi connectivity index (χ2n) is 3.26. The molecular weight excluding hydrogens is 216 g/mol. The average molecular weight is 236 g/mol. The summed E-state index contributed by atoms with van der Waals surface area (Å²) in [6.45, 7) is 0.0909. The van der Waals surface area contributed by atoms with E-state index in [4.69, 9.17) is 18.9 Å². The molecule has 6 heteroatoms. The molecule has 0 unspecified atom stereocenters. The fourth-order valence-corrected chi connectivity index (χ4v) is 1.50. The summed E-state index contributed by atoms with van der Waals surface area (Å²) in [6, 6.07) is 0. The molecule has 0 aromatic carbocycles. The van der Waals surface area contributed by atoms with E-state index in [1.54, 1.807) is 0 Å². The first-order chi connectivity index (χ1) is 7.65. The molecule has 96 valence electrons. The van der Waals surface area contributed by atoms with Gasteiger partial charge in [0.1, 0.15) is 24.4 Å². The summed E-state index contributed by atoms with van der Waals surface area (Å²) in [5, 5.41) is 9.75. The Morgan fingerprint density at radius 3 is 1.94 bits per heavy atom. The zero-order chi connectivity index (χ0) is 12.6. The van der Waals surface area contributed by atoms with Crippen molar-refractivity contribution in [2.24, 2.45) is 0 Å². The molecule has 0 aliphatic carbocycles. The van der Waals surface area contributed by atoms with E-state index in [1.165, 1.54) is 28.4 Å². The summed E-state index contributed by atoms with van der Waals surface area (Å²) < 4.78 is 20.0. The summed E-state index contributed by atoms with van der Waals surface area (Å²) in [6.07, 6.45) is -2.45. The van der Waals surface area contributed by atoms with Crippen LogP contribution in [-0.4, -0.2) is 70.9 Å². The van der Waals surface area contributed by atoms with Gasteiger partial charge in [0.2, 0.25) is 0 Å². The Morgan fingerprint density at radius 2 is 1.62 bits per heavy atom. The van der Waals surface area contributed by atoms with Crippen molar-refractivity contribution in [2.45, 2.75) is 24.4 Å². The Balaban J connectivity index is 4.65. The molecule has 0 bridgehead atoms. The van der Waals surface area contributed by atoms with Crippen molar-refractivity contribution in [1.82, 2.24) is 0 Å². The number of hydrogen-bond donors (Lipinski definition) is 1. The molecule has 0 rings (SSSR count). The minimum atomic E-state index is -0.891. The quantitative estimate of drug-likeness (QED) is 0.530. The molecule has 0 saturated carbocycles. The third kappa shape index (κ3) is 4.15. The number of methoxy groups -OCH3 is 4. The second-order valence-corrected chi connectivity index (χ2v) is 3.26. The van der Waals surface area contributed by atoms with Gasteiger partial charge in [-0.2, -0.15) is 0 Å². The van der Waals surface area contributed by atoms with Crippen LogP contribution in [0.15, 0.2) is 0 Å². The predicted molar refractivity (Wildman–Crippen MR) is 56.3 cm³/mol. The Hall–Kier alpha value is -0.530. The molecule has 0 fully saturated rings. The van der Waals surface area contributed by atoms with Crippen LogP contribution in [-0.2, 0) is 23.7 Å². The molecule has 0 radical (unpaired) electrons. The van der Waals surface area contributed by atoms with E-state index < -0.39 is 24.4 Å². The summed E-state index contributed by atoms with van der Waals surface area (Å²) >= 11 is 0. The topological polar surface area (TPSA) is 74.2 Å². The van der Waals surface area contributed by atoms with Crippen molar-refractivity contribution in [3.63, 3.8) is 0 Å². The Morgan fingerprint density at radius 1 is 1.06 bits per heavy atom. The summed E-state index contributed by atoms with van der Waals surface area (Å²) in [4.78, 5) is 10.8. The molecular formula is C10H20O6. The molecule has 0 aromatic rings. The number of ether oxygens (including phenoxy) is 4. The van der Waals surface area contributed by atoms with Crippen LogP contribution in [0.25, 0.3) is 0 Å². The van der Waals surface area contributed by atoms with E-state index in [9.17, 15) is 9.90 Å². The van der Waals surface area contributed by atoms with Gasteiger partial charge in [0, 0.05) is 28.4 Å². The number of hydrogen-bond acceptors (Lipinski definition) is 6. The minimum Gasteiger partial charge on any atom is -0.388 e. The van der Waals surface area contributed by atoms with Crippen LogP contribution in [0, 0.1) is 0 Å². The maximum Gasteiger partial charge on any atom is 0.151 e. The summed E-state index contributed by atoms with van der Waals surface area (Å²) in [7, 11) is 5.70. The van der Waals surface area contributed by atoms with Gasteiger partial charge in [-0.25, -0.2) is 0 Å². The van der Waals surface area contributed by atoms with Crippen molar-refractivity contribution < 1.29 is 28.8 Å². The van der Waals surface area contributed by atoms with Gasteiger partial charge in [0.15, 0.2) is 6.29 Å². The highest BCUT2D eigenvalue weighted by atomic mass is 16.6. The number of aliphatic hydroxyl groups is 1. The molecule has 0 aromatic heterocycles. The first kappa shape index (κ1) is 15.5. The maximum atomic E-state index is 10.8. The molecule has 6 nitrogen and oxygen atoms in total. The number of aliphatic hydroxyl groups excluding tert-OH is 1. The SMILES string of the molecule is COC[C@H](O)[C@H](OC)[C@@H](OC)[C@H](C=O)OC. The molecule has 4 atom stereocenters. The minimum absolute atomic E-state index is 0.0909. The Kier molecular flexibility index (Phi) is 8.32. The maximum absolute atomic E-state index is 10.8. The van der Waals surface area contributed by atoms with E-state index in [1.807, 2.05) is 0 Å². The number of carbonyl (C=O) groups is 1. The van der Waals surface area contributed by atoms with Crippen LogP contribution in [0.4, 0.5) is 0 Å². The van der Waals surface area contributed by atoms with Gasteiger partial charge in [0.25, 0.3) is 0 Å². The molecule has 0 spiro atoms. The van der Waals surface area contributed by atoms with Gasteiger partial charge in [0.05, 0.1) is 6.61 Å². The summed E-state index contributed by atoms with van der Waals surface area (Å²) in [5.74, 6) is 0. The Labute approximate surface area is 95.4 Å². The monoisotopic (exact) mass is 236 g/mol. The molecule has 1 N–H and O–H groups in total. The van der Waals surface area contributed by atoms with Gasteiger partial charge in [-0.05, 0) is 0 Å². The molecule has 0 heterocycles. The van der Waals surface area contributed by atoms with Crippen LogP contribution >= 0.6 is 0 Å². The lowest BCUT2D eigenvalue weighted by atomic mass is 10.0. The fourth-order valence-electron chi connectivity index (χ4n) is 1.50. The van der Waals surface area contributed by atoms with Crippen LogP contribution in [0.2, 0.25) is 0 Å². The molecule has 0 saturated heterocycles. The van der Waals surface area contributed by atoms with Crippen molar-refractivity contribution in [3.05, 3.63) is 0 Å². The van der Waals surface area contributed by atoms with E-state index in [0.29, 0.717) is 6.29 Å². The van der Waals surface area contributed by atoms with Gasteiger partial charge in [-0.1, -0.05) is 0 Å². The van der Waals surface area contributed by atoms with Crippen LogP contribution in [0.5, 0.6) is 0 Å². The van der Waals surface area contributed by atoms with Gasteiger partial charge in [-0.15, -0.1) is 0 Å². The Bertz CT molecular complexity index is 186. The smallest absolute Gasteiger partial charge is 0.151 e. The summed E-state index contributed by atoms with van der Waals surface area (Å²) in [5.41, 5.74) is 0. The lowest BCUT2D eigenvalue weighted by Crippen LogP contribution is -2.49. The van der Waals surface area contributed by atoms with Crippen molar-refractivity contribution in [1.29, 1.82) is 0 Å². The highest BCUT2D eigenvalue weighted by Gasteiger charge is 2.34. The predicted octanol–water partition coefficient (Wildman–Crippen LogP) is -0.762. The first-order valence-corrected chi connectivity index (χ1v) is 4.86. The highest BCUT2D eigenvalue weighted by molar-refractivity contribution is 5.57. The fraction of sp³-hybridized carbons (Fsp3) is 0.900. The number of aldehydes is 1. The zero-order valence-electron chi connectivity index (χ0n) is 10.1. The highest BCUT2D eigenvalue weighted by Crippen LogP contribution is 2.13. The van der Waals surface area contributed by atoms with Gasteiger partial charge >= 0.3 is 0 Å². The van der Waals surface area contributed by atoms with E-state index >= 15 is 0 Å². The molecule has 0 amide bonds. The van der Waals surface area contributed by atoms with E-state index in [-0.39, 0.29) is 6.61 Å². The second kappa shape index (κ2) is 8.60. The van der Waals surface area contributed by atoms with E-state index in [0.717, 1.165) is 0 Å². The standard InChI is InChI=1S/C10H20O6/c1-13-6-7(12)9(15-3)10(16-4)8(5-11)14-2/h5,7-10,12H,6H2,1-4H3/t7-,8-,9-,10-/m0/s1. The third-order valence-corrected chi connectivity index (χ3v) is 2.31. The molecule has 0 aliphatic heterocycles. The zero-order valence-corrected chi connectivity index (χ0v) is 10.1. The van der Waals surface area contributed by atoms with Crippen LogP contribution in [0.1, 0.15) is 0 Å². The average Bonchev–Trinajstić information content (AvgIpc) is 2.29. The van der Waals surface area contributed by atoms with Gasteiger partial charge in [-0.3, -0.25) is 0 Å². The largest absolute Gasteiger partial charge is 0.388 e. The van der Waals surface area contributed by atoms with Gasteiger partial charge < -0.3 is 28.8 Å².